The molecular weight excluding hydrogens is 418 g/mol. The predicted molar refractivity (Wildman–Crippen MR) is 118 cm³/mol. The van der Waals surface area contributed by atoms with Crippen molar-refractivity contribution in [3.05, 3.63) is 76.8 Å². The van der Waals surface area contributed by atoms with E-state index in [4.69, 9.17) is 0 Å². The average molecular weight is 442 g/mol. The number of anilines is 1. The van der Waals surface area contributed by atoms with Crippen molar-refractivity contribution in [3.63, 3.8) is 0 Å². The number of aromatic nitrogens is 1. The third-order valence-corrected chi connectivity index (χ3v) is 7.85. The predicted octanol–water partition coefficient (Wildman–Crippen LogP) is 4.16. The molecule has 0 unspecified atom stereocenters. The summed E-state index contributed by atoms with van der Waals surface area (Å²) >= 11 is 1.41. The van der Waals surface area contributed by atoms with Gasteiger partial charge in [0, 0.05) is 36.1 Å². The minimum absolute atomic E-state index is 0.154. The third-order valence-electron chi connectivity index (χ3n) is 5.04. The summed E-state index contributed by atoms with van der Waals surface area (Å²) in [5, 5.41) is 3.28. The summed E-state index contributed by atoms with van der Waals surface area (Å²) in [5.74, 6) is -0.369. The van der Waals surface area contributed by atoms with Gasteiger partial charge in [-0.1, -0.05) is 42.8 Å². The molecule has 1 fully saturated rings. The molecule has 0 aliphatic carbocycles. The second-order valence-electron chi connectivity index (χ2n) is 7.24. The van der Waals surface area contributed by atoms with Crippen LogP contribution in [0.3, 0.4) is 0 Å². The summed E-state index contributed by atoms with van der Waals surface area (Å²) in [6, 6.07) is 16.3. The van der Waals surface area contributed by atoms with Crippen LogP contribution in [0.15, 0.2) is 65.7 Å². The van der Waals surface area contributed by atoms with Crippen LogP contribution in [-0.4, -0.2) is 36.7 Å². The Morgan fingerprint density at radius 3 is 2.57 bits per heavy atom. The van der Waals surface area contributed by atoms with Gasteiger partial charge in [0.25, 0.3) is 5.91 Å². The van der Waals surface area contributed by atoms with E-state index >= 15 is 0 Å². The molecule has 0 bridgehead atoms. The first-order valence-electron chi connectivity index (χ1n) is 9.92. The molecule has 0 spiro atoms. The van der Waals surface area contributed by atoms with Crippen molar-refractivity contribution in [1.82, 2.24) is 9.29 Å². The van der Waals surface area contributed by atoms with Crippen LogP contribution < -0.4 is 5.32 Å². The van der Waals surface area contributed by atoms with Crippen LogP contribution in [0.5, 0.6) is 0 Å². The quantitative estimate of drug-likeness (QED) is 0.623. The number of amides is 1. The number of carbonyl (C=O) groups excluding carboxylic acids is 1. The van der Waals surface area contributed by atoms with Gasteiger partial charge in [-0.2, -0.15) is 4.31 Å². The zero-order valence-corrected chi connectivity index (χ0v) is 18.1. The second kappa shape index (κ2) is 9.07. The molecule has 8 heteroatoms. The molecule has 1 saturated heterocycles. The Kier molecular flexibility index (Phi) is 6.26. The number of carbonyl (C=O) groups is 1. The van der Waals surface area contributed by atoms with E-state index in [1.165, 1.54) is 27.3 Å². The monoisotopic (exact) mass is 441 g/mol. The van der Waals surface area contributed by atoms with Gasteiger partial charge < -0.3 is 0 Å². The van der Waals surface area contributed by atoms with E-state index in [0.29, 0.717) is 23.8 Å². The van der Waals surface area contributed by atoms with Gasteiger partial charge in [-0.3, -0.25) is 10.1 Å². The molecule has 0 saturated carbocycles. The second-order valence-corrected chi connectivity index (χ2v) is 10.3. The molecule has 0 radical (unpaired) electrons. The number of thiazole rings is 1. The summed E-state index contributed by atoms with van der Waals surface area (Å²) in [6.07, 6.45) is 5.29. The first-order chi connectivity index (χ1) is 14.5. The van der Waals surface area contributed by atoms with Crippen LogP contribution in [0.1, 0.15) is 40.1 Å². The highest BCUT2D eigenvalue weighted by Crippen LogP contribution is 2.24. The van der Waals surface area contributed by atoms with Crippen molar-refractivity contribution in [2.45, 2.75) is 30.6 Å². The van der Waals surface area contributed by atoms with Crippen LogP contribution >= 0.6 is 11.3 Å². The molecule has 30 heavy (non-hydrogen) atoms. The van der Waals surface area contributed by atoms with Crippen LogP contribution in [0.4, 0.5) is 5.13 Å². The van der Waals surface area contributed by atoms with Crippen molar-refractivity contribution in [2.75, 3.05) is 18.4 Å². The topological polar surface area (TPSA) is 79.4 Å². The Morgan fingerprint density at radius 2 is 1.80 bits per heavy atom. The van der Waals surface area contributed by atoms with Crippen LogP contribution in [-0.2, 0) is 16.4 Å². The number of hydrogen-bond acceptors (Lipinski definition) is 5. The van der Waals surface area contributed by atoms with Gasteiger partial charge in [0.1, 0.15) is 0 Å². The van der Waals surface area contributed by atoms with Crippen molar-refractivity contribution in [1.29, 1.82) is 0 Å². The minimum Gasteiger partial charge on any atom is -0.298 e. The number of sulfonamides is 1. The number of hydrogen-bond donors (Lipinski definition) is 1. The van der Waals surface area contributed by atoms with E-state index in [0.717, 1.165) is 30.6 Å². The van der Waals surface area contributed by atoms with Gasteiger partial charge in [0.2, 0.25) is 10.0 Å². The first-order valence-corrected chi connectivity index (χ1v) is 12.2. The zero-order chi connectivity index (χ0) is 21.0. The molecule has 6 nitrogen and oxygen atoms in total. The average Bonchev–Trinajstić information content (AvgIpc) is 3.21. The van der Waals surface area contributed by atoms with E-state index < -0.39 is 10.0 Å². The summed E-state index contributed by atoms with van der Waals surface area (Å²) in [5.41, 5.74) is 1.47. The first kappa shape index (κ1) is 20.7. The number of nitrogens with zero attached hydrogens (tertiary/aromatic N) is 2. The fourth-order valence-corrected chi connectivity index (χ4v) is 5.87. The molecule has 1 aromatic heterocycles. The number of rotatable bonds is 6. The Labute approximate surface area is 180 Å². The summed E-state index contributed by atoms with van der Waals surface area (Å²) in [4.78, 5) is 18.2. The summed E-state index contributed by atoms with van der Waals surface area (Å²) in [7, 11) is -3.58. The molecule has 156 valence electrons. The molecule has 1 aliphatic rings. The zero-order valence-electron chi connectivity index (χ0n) is 16.5. The smallest absolute Gasteiger partial charge is 0.257 e. The van der Waals surface area contributed by atoms with Crippen LogP contribution in [0.2, 0.25) is 0 Å². The maximum absolute atomic E-state index is 12.9. The highest BCUT2D eigenvalue weighted by Gasteiger charge is 2.26. The molecule has 2 heterocycles. The van der Waals surface area contributed by atoms with Gasteiger partial charge in [-0.15, -0.1) is 11.3 Å². The Hall–Kier alpha value is -2.55. The molecule has 2 aromatic carbocycles. The number of benzene rings is 2. The van der Waals surface area contributed by atoms with Gasteiger partial charge in [0.05, 0.1) is 4.90 Å². The number of piperidine rings is 1. The molecular formula is C22H23N3O3S2. The fourth-order valence-electron chi connectivity index (χ4n) is 3.47. The third kappa shape index (κ3) is 4.77. The summed E-state index contributed by atoms with van der Waals surface area (Å²) < 4.78 is 27.3. The maximum atomic E-state index is 12.9. The normalized spacial score (nSPS) is 15.1. The van der Waals surface area contributed by atoms with Gasteiger partial charge in [0.15, 0.2) is 5.13 Å². The standard InChI is InChI=1S/C22H23N3O3S2/c26-21(24-22-23-16-19(29-22)14-17-8-3-1-4-9-17)18-10-7-11-20(15-18)30(27,28)25-12-5-2-6-13-25/h1,3-4,7-11,15-16H,2,5-6,12-14H2,(H,23,24,26). The van der Waals surface area contributed by atoms with Gasteiger partial charge >= 0.3 is 0 Å². The molecule has 3 aromatic rings. The van der Waals surface area contributed by atoms with E-state index in [1.807, 2.05) is 30.3 Å². The summed E-state index contributed by atoms with van der Waals surface area (Å²) in [6.45, 7) is 1.06. The highest BCUT2D eigenvalue weighted by molar-refractivity contribution is 7.89. The fraction of sp³-hybridized carbons (Fsp3) is 0.273. The highest BCUT2D eigenvalue weighted by atomic mass is 32.2. The lowest BCUT2D eigenvalue weighted by Gasteiger charge is -2.26. The minimum atomic E-state index is -3.58. The van der Waals surface area contributed by atoms with Crippen LogP contribution in [0, 0.1) is 0 Å². The van der Waals surface area contributed by atoms with Crippen molar-refractivity contribution in [3.8, 4) is 0 Å². The SMILES string of the molecule is O=C(Nc1ncc(Cc2ccccc2)s1)c1cccc(S(=O)(=O)N2CCCCC2)c1. The largest absolute Gasteiger partial charge is 0.298 e. The Balaban J connectivity index is 1.46. The Bertz CT molecular complexity index is 1120. The molecule has 0 atom stereocenters. The Morgan fingerprint density at radius 1 is 1.03 bits per heavy atom. The van der Waals surface area contributed by atoms with Gasteiger partial charge in [-0.05, 0) is 36.6 Å². The molecule has 1 N–H and O–H groups in total. The van der Waals surface area contributed by atoms with Gasteiger partial charge in [-0.25, -0.2) is 13.4 Å². The lowest BCUT2D eigenvalue weighted by Crippen LogP contribution is -2.35. The van der Waals surface area contributed by atoms with Crippen LogP contribution in [0.25, 0.3) is 0 Å². The van der Waals surface area contributed by atoms with E-state index in [1.54, 1.807) is 24.4 Å². The van der Waals surface area contributed by atoms with E-state index in [2.05, 4.69) is 10.3 Å². The molecule has 1 amide bonds. The van der Waals surface area contributed by atoms with Crippen molar-refractivity contribution >= 4 is 32.4 Å². The van der Waals surface area contributed by atoms with E-state index in [9.17, 15) is 13.2 Å². The number of nitrogens with one attached hydrogen (secondary N) is 1. The maximum Gasteiger partial charge on any atom is 0.257 e. The molecule has 1 aliphatic heterocycles. The van der Waals surface area contributed by atoms with Crippen molar-refractivity contribution < 1.29 is 13.2 Å². The lowest BCUT2D eigenvalue weighted by molar-refractivity contribution is 0.102. The molecule has 4 rings (SSSR count). The lowest BCUT2D eigenvalue weighted by atomic mass is 10.1. The van der Waals surface area contributed by atoms with E-state index in [-0.39, 0.29) is 10.8 Å². The van der Waals surface area contributed by atoms with Crippen molar-refractivity contribution in [2.24, 2.45) is 0 Å².